The largest absolute Gasteiger partial charge is 0.756 e. The summed E-state index contributed by atoms with van der Waals surface area (Å²) >= 11 is 0. The summed E-state index contributed by atoms with van der Waals surface area (Å²) in [5, 5.41) is 0. The summed E-state index contributed by atoms with van der Waals surface area (Å²) in [5.74, 6) is -0.350. The molecule has 2 atom stereocenters. The van der Waals surface area contributed by atoms with Crippen LogP contribution in [0.3, 0.4) is 0 Å². The first-order valence-electron chi connectivity index (χ1n) is 28.9. The lowest BCUT2D eigenvalue weighted by molar-refractivity contribution is -0.870. The number of esters is 1. The maximum absolute atomic E-state index is 12.8. The number of carbonyl (C=O) groups is 1. The summed E-state index contributed by atoms with van der Waals surface area (Å²) in [6.07, 6.45) is 80.6. The van der Waals surface area contributed by atoms with Crippen molar-refractivity contribution in [2.24, 2.45) is 0 Å². The molecular formula is C64H108NO7P. The molecule has 0 radical (unpaired) electrons. The van der Waals surface area contributed by atoms with Crippen LogP contribution in [0.5, 0.6) is 0 Å². The number of hydrogen-bond donors (Lipinski definition) is 0. The summed E-state index contributed by atoms with van der Waals surface area (Å²) < 4.78 is 34.8. The van der Waals surface area contributed by atoms with Gasteiger partial charge in [0.25, 0.3) is 7.82 Å². The summed E-state index contributed by atoms with van der Waals surface area (Å²) in [6.45, 7) is 5.13. The molecule has 0 aliphatic carbocycles. The Labute approximate surface area is 449 Å². The maximum atomic E-state index is 12.8. The molecule has 0 aliphatic rings. The van der Waals surface area contributed by atoms with Crippen LogP contribution >= 0.6 is 7.82 Å². The van der Waals surface area contributed by atoms with Gasteiger partial charge in [-0.1, -0.05) is 225 Å². The van der Waals surface area contributed by atoms with E-state index in [9.17, 15) is 14.3 Å². The molecule has 0 aromatic rings. The molecule has 0 bridgehead atoms. The number of unbranched alkanes of at least 4 members (excludes halogenated alkanes) is 16. The number of likely N-dealkylation sites (N-methyl/N-ethyl adjacent to an activating group) is 1. The third-order valence-corrected chi connectivity index (χ3v) is 12.7. The SMILES string of the molecule is CC/C=C\C/C=C\C/C=C\C/C=C\C/C=C\C/C=C\CCCCCCCCCOCC(COP(=O)([O-])OCC[N+](C)(C)C)OC(=O)CCCCCCCCCCC/C=C\C/C=C\C/C=C\C/C=C\C/C=C\CC. The lowest BCUT2D eigenvalue weighted by Crippen LogP contribution is -2.37. The molecule has 8 nitrogen and oxygen atoms in total. The molecule has 0 aromatic heterocycles. The fraction of sp³-hybridized carbons (Fsp3) is 0.641. The van der Waals surface area contributed by atoms with Crippen molar-refractivity contribution in [1.29, 1.82) is 0 Å². The zero-order valence-electron chi connectivity index (χ0n) is 47.3. The molecule has 0 amide bonds. The van der Waals surface area contributed by atoms with Crippen LogP contribution in [-0.4, -0.2) is 70.7 Å². The van der Waals surface area contributed by atoms with Gasteiger partial charge in [0.05, 0.1) is 34.4 Å². The van der Waals surface area contributed by atoms with Gasteiger partial charge in [0.15, 0.2) is 0 Å². The first-order valence-corrected chi connectivity index (χ1v) is 30.4. The Morgan fingerprint density at radius 3 is 1.12 bits per heavy atom. The maximum Gasteiger partial charge on any atom is 0.306 e. The number of nitrogens with zero attached hydrogens (tertiary/aromatic N) is 1. The van der Waals surface area contributed by atoms with E-state index in [1.165, 1.54) is 64.2 Å². The van der Waals surface area contributed by atoms with Crippen molar-refractivity contribution in [3.63, 3.8) is 0 Å². The zero-order valence-corrected chi connectivity index (χ0v) is 48.2. The number of ether oxygens (including phenoxy) is 2. The predicted molar refractivity (Wildman–Crippen MR) is 314 cm³/mol. The van der Waals surface area contributed by atoms with Gasteiger partial charge in [-0.3, -0.25) is 9.36 Å². The van der Waals surface area contributed by atoms with Gasteiger partial charge in [0.1, 0.15) is 19.3 Å². The second kappa shape index (κ2) is 54.9. The zero-order chi connectivity index (χ0) is 53.3. The van der Waals surface area contributed by atoms with E-state index in [4.69, 9.17) is 18.5 Å². The van der Waals surface area contributed by atoms with Crippen LogP contribution in [-0.2, 0) is 27.9 Å². The molecular weight excluding hydrogens is 926 g/mol. The van der Waals surface area contributed by atoms with E-state index in [-0.39, 0.29) is 25.8 Å². The smallest absolute Gasteiger partial charge is 0.306 e. The average Bonchev–Trinajstić information content (AvgIpc) is 3.35. The van der Waals surface area contributed by atoms with Crippen LogP contribution in [0, 0.1) is 0 Å². The molecule has 73 heavy (non-hydrogen) atoms. The Hall–Kier alpha value is -3.36. The number of phosphoric ester groups is 1. The number of phosphoric acid groups is 1. The monoisotopic (exact) mass is 1030 g/mol. The number of quaternary nitrogens is 1. The Balaban J connectivity index is 4.17. The molecule has 0 aliphatic heterocycles. The van der Waals surface area contributed by atoms with Gasteiger partial charge < -0.3 is 27.9 Å². The normalized spacial score (nSPS) is 14.4. The van der Waals surface area contributed by atoms with Crippen molar-refractivity contribution in [2.75, 3.05) is 54.1 Å². The van der Waals surface area contributed by atoms with Crippen molar-refractivity contribution < 1.29 is 37.3 Å². The van der Waals surface area contributed by atoms with Crippen molar-refractivity contribution in [1.82, 2.24) is 0 Å². The van der Waals surface area contributed by atoms with E-state index in [0.29, 0.717) is 24.1 Å². The number of hydrogen-bond acceptors (Lipinski definition) is 7. The van der Waals surface area contributed by atoms with Gasteiger partial charge in [-0.2, -0.15) is 0 Å². The van der Waals surface area contributed by atoms with Crippen LogP contribution in [0.4, 0.5) is 0 Å². The van der Waals surface area contributed by atoms with Crippen LogP contribution in [0.25, 0.3) is 0 Å². The highest BCUT2D eigenvalue weighted by molar-refractivity contribution is 7.45. The van der Waals surface area contributed by atoms with Crippen molar-refractivity contribution in [3.8, 4) is 0 Å². The Kier molecular flexibility index (Phi) is 52.4. The minimum absolute atomic E-state index is 0.0144. The fourth-order valence-corrected chi connectivity index (χ4v) is 8.07. The van der Waals surface area contributed by atoms with Crippen LogP contribution in [0.15, 0.2) is 134 Å². The number of carbonyl (C=O) groups excluding carboxylic acids is 1. The third kappa shape index (κ3) is 59.4. The summed E-state index contributed by atoms with van der Waals surface area (Å²) in [4.78, 5) is 25.3. The lowest BCUT2D eigenvalue weighted by Gasteiger charge is -2.28. The molecule has 0 saturated heterocycles. The molecule has 0 N–H and O–H groups in total. The molecule has 0 aromatic carbocycles. The molecule has 9 heteroatoms. The summed E-state index contributed by atoms with van der Waals surface area (Å²) in [6, 6.07) is 0. The fourth-order valence-electron chi connectivity index (χ4n) is 7.34. The number of rotatable bonds is 52. The highest BCUT2D eigenvalue weighted by Gasteiger charge is 2.20. The Bertz CT molecular complexity index is 1630. The molecule has 0 saturated carbocycles. The lowest BCUT2D eigenvalue weighted by atomic mass is 10.1. The molecule has 416 valence electrons. The van der Waals surface area contributed by atoms with E-state index in [1.54, 1.807) is 0 Å². The molecule has 2 unspecified atom stereocenters. The topological polar surface area (TPSA) is 94.1 Å². The van der Waals surface area contributed by atoms with E-state index in [2.05, 4.69) is 148 Å². The second-order valence-corrected chi connectivity index (χ2v) is 21.3. The molecule has 0 rings (SSSR count). The summed E-state index contributed by atoms with van der Waals surface area (Å²) in [5.41, 5.74) is 0. The predicted octanol–water partition coefficient (Wildman–Crippen LogP) is 18.0. The van der Waals surface area contributed by atoms with Gasteiger partial charge in [-0.15, -0.1) is 0 Å². The Morgan fingerprint density at radius 2 is 0.753 bits per heavy atom. The summed E-state index contributed by atoms with van der Waals surface area (Å²) in [7, 11) is 1.32. The van der Waals surface area contributed by atoms with Crippen molar-refractivity contribution >= 4 is 13.8 Å². The van der Waals surface area contributed by atoms with E-state index < -0.39 is 13.9 Å². The first kappa shape index (κ1) is 69.6. The standard InChI is InChI=1S/C64H108NO7P/c1-6-8-10-12-14-16-18-20-22-24-26-28-30-32-34-36-38-40-42-44-46-48-50-52-54-56-59-69-61-63(62-71-73(67,68)70-60-58-65(3,4)5)72-64(66)57-55-53-51-49-47-45-43-41-39-37-35-33-31-29-27-25-23-21-19-17-15-13-11-9-7-2/h8-11,14-17,20-23,26-29,32-35,38,40,63H,6-7,12-13,18-19,24-25,30-31,36-37,39,41-62H2,1-5H3/b10-8-,11-9-,16-14-,17-15-,22-20-,23-21-,28-26-,29-27-,34-32-,35-33-,40-38-. The van der Waals surface area contributed by atoms with Gasteiger partial charge in [0.2, 0.25) is 0 Å². The van der Waals surface area contributed by atoms with Gasteiger partial charge in [-0.05, 0) is 109 Å². The van der Waals surface area contributed by atoms with Crippen molar-refractivity contribution in [3.05, 3.63) is 134 Å². The highest BCUT2D eigenvalue weighted by atomic mass is 31.2. The molecule has 0 spiro atoms. The minimum atomic E-state index is -4.55. The number of allylic oxidation sites excluding steroid dienone is 22. The van der Waals surface area contributed by atoms with E-state index >= 15 is 0 Å². The van der Waals surface area contributed by atoms with Gasteiger partial charge in [-0.25, -0.2) is 0 Å². The van der Waals surface area contributed by atoms with Crippen molar-refractivity contribution in [2.45, 2.75) is 213 Å². The molecule has 0 heterocycles. The average molecular weight is 1030 g/mol. The quantitative estimate of drug-likeness (QED) is 0.0197. The first-order chi connectivity index (χ1) is 35.6. The van der Waals surface area contributed by atoms with Crippen LogP contribution in [0.1, 0.15) is 206 Å². The van der Waals surface area contributed by atoms with Crippen LogP contribution in [0.2, 0.25) is 0 Å². The second-order valence-electron chi connectivity index (χ2n) is 19.9. The van der Waals surface area contributed by atoms with E-state index in [0.717, 1.165) is 122 Å². The Morgan fingerprint density at radius 1 is 0.425 bits per heavy atom. The minimum Gasteiger partial charge on any atom is -0.756 e. The van der Waals surface area contributed by atoms with Crippen LogP contribution < -0.4 is 4.89 Å². The van der Waals surface area contributed by atoms with Gasteiger partial charge >= 0.3 is 5.97 Å². The van der Waals surface area contributed by atoms with Gasteiger partial charge in [0, 0.05) is 13.0 Å². The van der Waals surface area contributed by atoms with E-state index in [1.807, 2.05) is 21.1 Å². The molecule has 0 fully saturated rings. The highest BCUT2D eigenvalue weighted by Crippen LogP contribution is 2.38. The third-order valence-electron chi connectivity index (χ3n) is 11.7.